The molecule has 0 saturated carbocycles. The standard InChI is InChI=1S/C8H6O2.2H2O3S/c9-5-7-2-1-3-8(4-7)6-10;2*1-4(2)3/h1-6H;2*(H2,1,2,3). The van der Waals surface area contributed by atoms with Gasteiger partial charge in [-0.3, -0.25) is 27.8 Å². The lowest BCUT2D eigenvalue weighted by Gasteiger charge is -1.89. The molecule has 102 valence electrons. The van der Waals surface area contributed by atoms with Gasteiger partial charge in [-0.05, 0) is 6.07 Å². The summed E-state index contributed by atoms with van der Waals surface area (Å²) in [7, 11) is 0. The van der Waals surface area contributed by atoms with Gasteiger partial charge in [-0.15, -0.1) is 0 Å². The highest BCUT2D eigenvalue weighted by Gasteiger charge is 1.90. The van der Waals surface area contributed by atoms with Crippen molar-refractivity contribution in [3.05, 3.63) is 35.4 Å². The van der Waals surface area contributed by atoms with Crippen molar-refractivity contribution in [2.45, 2.75) is 0 Å². The smallest absolute Gasteiger partial charge is 0.298 e. The van der Waals surface area contributed by atoms with Gasteiger partial charge >= 0.3 is 0 Å². The highest BCUT2D eigenvalue weighted by molar-refractivity contribution is 7.73. The average Bonchev–Trinajstić information content (AvgIpc) is 2.27. The van der Waals surface area contributed by atoms with Gasteiger partial charge in [-0.25, -0.2) is 0 Å². The lowest BCUT2D eigenvalue weighted by molar-refractivity contribution is 0.112. The van der Waals surface area contributed by atoms with Gasteiger partial charge in [0.2, 0.25) is 0 Å². The van der Waals surface area contributed by atoms with E-state index in [-0.39, 0.29) is 0 Å². The van der Waals surface area contributed by atoms with Crippen LogP contribution in [0.4, 0.5) is 0 Å². The van der Waals surface area contributed by atoms with E-state index in [2.05, 4.69) is 0 Å². The van der Waals surface area contributed by atoms with E-state index in [1.165, 1.54) is 0 Å². The van der Waals surface area contributed by atoms with Crippen LogP contribution in [0.1, 0.15) is 20.7 Å². The first-order valence-electron chi connectivity index (χ1n) is 3.93. The number of hydrogen-bond donors (Lipinski definition) is 4. The molecule has 18 heavy (non-hydrogen) atoms. The van der Waals surface area contributed by atoms with Crippen molar-refractivity contribution in [3.63, 3.8) is 0 Å². The fraction of sp³-hybridized carbons (Fsp3) is 0. The summed E-state index contributed by atoms with van der Waals surface area (Å²) in [4.78, 5) is 20.3. The molecule has 0 aliphatic carbocycles. The van der Waals surface area contributed by atoms with Crippen molar-refractivity contribution in [2.75, 3.05) is 0 Å². The van der Waals surface area contributed by atoms with Crippen LogP contribution in [0.15, 0.2) is 24.3 Å². The minimum Gasteiger partial charge on any atom is -0.298 e. The molecule has 0 amide bonds. The summed E-state index contributed by atoms with van der Waals surface area (Å²) in [5.41, 5.74) is 1.06. The fourth-order valence-electron chi connectivity index (χ4n) is 0.706. The number of carbonyl (C=O) groups excluding carboxylic acids is 2. The van der Waals surface area contributed by atoms with Crippen LogP contribution in [0.2, 0.25) is 0 Å². The second-order valence-corrected chi connectivity index (χ2v) is 3.29. The summed E-state index contributed by atoms with van der Waals surface area (Å²) in [6.45, 7) is 0. The lowest BCUT2D eigenvalue weighted by Crippen LogP contribution is -1.82. The summed E-state index contributed by atoms with van der Waals surface area (Å²) in [5, 5.41) is 0. The minimum atomic E-state index is -2.61. The third-order valence-electron chi connectivity index (χ3n) is 1.18. The van der Waals surface area contributed by atoms with E-state index in [0.29, 0.717) is 23.7 Å². The van der Waals surface area contributed by atoms with Gasteiger partial charge in [0.1, 0.15) is 12.6 Å². The van der Waals surface area contributed by atoms with Crippen LogP contribution in [0.3, 0.4) is 0 Å². The van der Waals surface area contributed by atoms with E-state index in [0.717, 1.165) is 0 Å². The first kappa shape index (κ1) is 19.0. The quantitative estimate of drug-likeness (QED) is 0.459. The lowest BCUT2D eigenvalue weighted by atomic mass is 10.2. The van der Waals surface area contributed by atoms with E-state index in [1.54, 1.807) is 24.3 Å². The topological polar surface area (TPSA) is 149 Å². The van der Waals surface area contributed by atoms with E-state index in [1.807, 2.05) is 0 Å². The zero-order chi connectivity index (χ0) is 14.6. The molecule has 0 saturated heterocycles. The molecule has 0 fully saturated rings. The molecule has 0 aromatic heterocycles. The molecular formula is C8H10O8S2. The fourth-order valence-corrected chi connectivity index (χ4v) is 0.706. The average molecular weight is 298 g/mol. The van der Waals surface area contributed by atoms with Crippen molar-refractivity contribution in [2.24, 2.45) is 0 Å². The molecule has 8 nitrogen and oxygen atoms in total. The Morgan fingerprint density at radius 3 is 1.33 bits per heavy atom. The second kappa shape index (κ2) is 12.2. The van der Waals surface area contributed by atoms with E-state index in [4.69, 9.17) is 26.6 Å². The van der Waals surface area contributed by atoms with Gasteiger partial charge in [0.25, 0.3) is 22.7 Å². The van der Waals surface area contributed by atoms with Crippen LogP contribution in [-0.2, 0) is 22.7 Å². The largest absolute Gasteiger partial charge is 0.299 e. The molecule has 0 spiro atoms. The van der Waals surface area contributed by atoms with Gasteiger partial charge in [0.15, 0.2) is 0 Å². The highest BCUT2D eigenvalue weighted by Crippen LogP contribution is 1.99. The molecule has 1 aromatic carbocycles. The van der Waals surface area contributed by atoms with Gasteiger partial charge in [0.05, 0.1) is 0 Å². The Balaban J connectivity index is 0. The molecule has 0 aliphatic heterocycles. The molecule has 0 radical (unpaired) electrons. The molecule has 10 heteroatoms. The molecule has 0 atom stereocenters. The second-order valence-electron chi connectivity index (χ2n) is 2.37. The van der Waals surface area contributed by atoms with Crippen LogP contribution in [-0.4, -0.2) is 39.2 Å². The van der Waals surface area contributed by atoms with Crippen LogP contribution >= 0.6 is 0 Å². The molecule has 0 heterocycles. The predicted octanol–water partition coefficient (Wildman–Crippen LogP) is 0.674. The van der Waals surface area contributed by atoms with Crippen LogP contribution in [0, 0.1) is 0 Å². The highest BCUT2D eigenvalue weighted by atomic mass is 32.2. The zero-order valence-electron chi connectivity index (χ0n) is 8.70. The normalized spacial score (nSPS) is 8.78. The Morgan fingerprint density at radius 2 is 1.11 bits per heavy atom. The van der Waals surface area contributed by atoms with Crippen LogP contribution in [0.25, 0.3) is 0 Å². The first-order valence-corrected chi connectivity index (χ1v) is 6.06. The maximum absolute atomic E-state index is 10.2. The van der Waals surface area contributed by atoms with Crippen molar-refractivity contribution in [1.29, 1.82) is 0 Å². The Bertz CT molecular complexity index is 376. The predicted molar refractivity (Wildman–Crippen MR) is 64.0 cm³/mol. The van der Waals surface area contributed by atoms with Crippen LogP contribution in [0.5, 0.6) is 0 Å². The summed E-state index contributed by atoms with van der Waals surface area (Å²) in [6, 6.07) is 6.52. The molecule has 0 unspecified atom stereocenters. The van der Waals surface area contributed by atoms with E-state index < -0.39 is 22.7 Å². The number of benzene rings is 1. The SMILES string of the molecule is O=Cc1cccc(C=O)c1.O=S(O)O.O=S(O)O. The third-order valence-corrected chi connectivity index (χ3v) is 1.18. The molecular weight excluding hydrogens is 288 g/mol. The number of aldehydes is 2. The molecule has 0 aliphatic rings. The summed E-state index contributed by atoms with van der Waals surface area (Å²) >= 11 is -5.22. The summed E-state index contributed by atoms with van der Waals surface area (Å²) < 4.78 is 45.7. The van der Waals surface area contributed by atoms with Gasteiger partial charge in [-0.1, -0.05) is 18.2 Å². The van der Waals surface area contributed by atoms with E-state index >= 15 is 0 Å². The maximum atomic E-state index is 10.2. The van der Waals surface area contributed by atoms with Gasteiger partial charge in [0, 0.05) is 11.1 Å². The van der Waals surface area contributed by atoms with E-state index in [9.17, 15) is 9.59 Å². The molecule has 4 N–H and O–H groups in total. The number of rotatable bonds is 2. The molecule has 1 aromatic rings. The monoisotopic (exact) mass is 298 g/mol. The summed E-state index contributed by atoms with van der Waals surface area (Å²) in [5.74, 6) is 0. The summed E-state index contributed by atoms with van der Waals surface area (Å²) in [6.07, 6.45) is 1.43. The number of hydrogen-bond acceptors (Lipinski definition) is 4. The van der Waals surface area contributed by atoms with Crippen molar-refractivity contribution >= 4 is 35.3 Å². The Kier molecular flexibility index (Phi) is 12.9. The minimum absolute atomic E-state index is 0.532. The number of carbonyl (C=O) groups is 2. The zero-order valence-corrected chi connectivity index (χ0v) is 10.3. The Morgan fingerprint density at radius 1 is 0.833 bits per heavy atom. The maximum Gasteiger partial charge on any atom is 0.299 e. The van der Waals surface area contributed by atoms with Gasteiger partial charge in [-0.2, -0.15) is 8.42 Å². The molecule has 0 bridgehead atoms. The van der Waals surface area contributed by atoms with Crippen molar-refractivity contribution in [3.8, 4) is 0 Å². The Hall–Kier alpha value is -1.30. The van der Waals surface area contributed by atoms with Crippen LogP contribution < -0.4 is 0 Å². The third kappa shape index (κ3) is 17.1. The molecule has 1 rings (SSSR count). The van der Waals surface area contributed by atoms with Crippen molar-refractivity contribution < 1.29 is 36.2 Å². The first-order chi connectivity index (χ1) is 8.33. The Labute approximate surface area is 107 Å². The van der Waals surface area contributed by atoms with Crippen molar-refractivity contribution in [1.82, 2.24) is 0 Å². The van der Waals surface area contributed by atoms with Gasteiger partial charge < -0.3 is 0 Å².